The summed E-state index contributed by atoms with van der Waals surface area (Å²) in [7, 11) is 0. The Morgan fingerprint density at radius 3 is 2.47 bits per heavy atom. The van der Waals surface area contributed by atoms with Gasteiger partial charge in [-0.25, -0.2) is 0 Å². The molecule has 0 amide bonds. The fourth-order valence-corrected chi connectivity index (χ4v) is 2.55. The molecular formula is C15H21NO. The summed E-state index contributed by atoms with van der Waals surface area (Å²) in [4.78, 5) is 14.4. The monoisotopic (exact) mass is 231 g/mol. The Balaban J connectivity index is 2.09. The summed E-state index contributed by atoms with van der Waals surface area (Å²) in [5.74, 6) is 1.05. The number of ketones is 1. The van der Waals surface area contributed by atoms with Crippen molar-refractivity contribution in [1.82, 2.24) is 4.90 Å². The zero-order valence-electron chi connectivity index (χ0n) is 10.9. The molecule has 92 valence electrons. The molecule has 0 unspecified atom stereocenters. The number of piperidine rings is 1. The van der Waals surface area contributed by atoms with Crippen molar-refractivity contribution in [1.29, 1.82) is 0 Å². The molecule has 0 aromatic heterocycles. The molecule has 0 N–H and O–H groups in total. The maximum Gasteiger partial charge on any atom is 0.152 e. The Bertz CT molecular complexity index is 387. The highest BCUT2D eigenvalue weighted by atomic mass is 16.1. The van der Waals surface area contributed by atoms with E-state index in [0.29, 0.717) is 11.7 Å². The highest BCUT2D eigenvalue weighted by Crippen LogP contribution is 2.25. The van der Waals surface area contributed by atoms with E-state index in [-0.39, 0.29) is 12.0 Å². The van der Waals surface area contributed by atoms with Crippen molar-refractivity contribution in [2.45, 2.75) is 33.4 Å². The summed E-state index contributed by atoms with van der Waals surface area (Å²) in [6.07, 6.45) is 0. The van der Waals surface area contributed by atoms with Gasteiger partial charge in [-0.3, -0.25) is 9.69 Å². The topological polar surface area (TPSA) is 20.3 Å². The molecule has 1 heterocycles. The Morgan fingerprint density at radius 1 is 1.18 bits per heavy atom. The number of carbonyl (C=O) groups excluding carboxylic acids is 1. The predicted molar refractivity (Wildman–Crippen MR) is 69.6 cm³/mol. The van der Waals surface area contributed by atoms with E-state index in [2.05, 4.69) is 43.0 Å². The van der Waals surface area contributed by atoms with E-state index in [9.17, 15) is 4.79 Å². The van der Waals surface area contributed by atoms with Gasteiger partial charge in [-0.05, 0) is 18.4 Å². The van der Waals surface area contributed by atoms with Crippen molar-refractivity contribution in [3.63, 3.8) is 0 Å². The molecule has 1 aromatic rings. The van der Waals surface area contributed by atoms with Crippen molar-refractivity contribution < 1.29 is 4.79 Å². The maximum absolute atomic E-state index is 12.1. The minimum atomic E-state index is 0.0569. The van der Waals surface area contributed by atoms with Crippen molar-refractivity contribution in [3.05, 3.63) is 35.9 Å². The van der Waals surface area contributed by atoms with Gasteiger partial charge in [-0.15, -0.1) is 0 Å². The van der Waals surface area contributed by atoms with Crippen LogP contribution in [0.4, 0.5) is 0 Å². The summed E-state index contributed by atoms with van der Waals surface area (Å²) in [6, 6.07) is 10.4. The van der Waals surface area contributed by atoms with Gasteiger partial charge in [0.1, 0.15) is 0 Å². The van der Waals surface area contributed by atoms with Crippen LogP contribution in [-0.2, 0) is 11.3 Å². The van der Waals surface area contributed by atoms with Gasteiger partial charge in [0.05, 0.1) is 6.04 Å². The number of benzene rings is 1. The van der Waals surface area contributed by atoms with E-state index in [1.165, 1.54) is 5.56 Å². The molecule has 17 heavy (non-hydrogen) atoms. The number of Topliss-reactive ketones (excluding diaryl/α,β-unsaturated/α-hetero) is 1. The van der Waals surface area contributed by atoms with Crippen LogP contribution in [0.25, 0.3) is 0 Å². The van der Waals surface area contributed by atoms with Crippen LogP contribution in [0, 0.1) is 11.8 Å². The number of likely N-dealkylation sites (tertiary alicyclic amines) is 1. The van der Waals surface area contributed by atoms with Crippen LogP contribution in [0.15, 0.2) is 30.3 Å². The third-order valence-electron chi connectivity index (χ3n) is 4.01. The Kier molecular flexibility index (Phi) is 3.63. The highest BCUT2D eigenvalue weighted by molar-refractivity contribution is 5.86. The van der Waals surface area contributed by atoms with E-state index in [4.69, 9.17) is 0 Å². The van der Waals surface area contributed by atoms with Crippen LogP contribution in [0.1, 0.15) is 26.3 Å². The van der Waals surface area contributed by atoms with E-state index in [0.717, 1.165) is 13.1 Å². The first-order valence-electron chi connectivity index (χ1n) is 6.41. The second-order valence-electron chi connectivity index (χ2n) is 5.26. The maximum atomic E-state index is 12.1. The lowest BCUT2D eigenvalue weighted by atomic mass is 9.83. The normalized spacial score (nSPS) is 30.5. The molecule has 1 aliphatic heterocycles. The average Bonchev–Trinajstić information content (AvgIpc) is 2.35. The van der Waals surface area contributed by atoms with Gasteiger partial charge in [-0.1, -0.05) is 44.2 Å². The SMILES string of the molecule is C[C@@H]1CN(Cc2ccccc2)[C@@H](C)C(=O)[C@@H]1C. The fourth-order valence-electron chi connectivity index (χ4n) is 2.55. The van der Waals surface area contributed by atoms with Crippen LogP contribution >= 0.6 is 0 Å². The number of hydrogen-bond donors (Lipinski definition) is 0. The quantitative estimate of drug-likeness (QED) is 0.780. The number of carbonyl (C=O) groups is 1. The second kappa shape index (κ2) is 5.01. The molecular weight excluding hydrogens is 210 g/mol. The Hall–Kier alpha value is -1.15. The van der Waals surface area contributed by atoms with Crippen molar-refractivity contribution in [2.75, 3.05) is 6.54 Å². The van der Waals surface area contributed by atoms with Crippen LogP contribution < -0.4 is 0 Å². The van der Waals surface area contributed by atoms with Gasteiger partial charge in [0.15, 0.2) is 5.78 Å². The molecule has 1 fully saturated rings. The molecule has 1 aliphatic rings. The lowest BCUT2D eigenvalue weighted by Crippen LogP contribution is -2.50. The zero-order chi connectivity index (χ0) is 12.4. The molecule has 1 aromatic carbocycles. The molecule has 0 bridgehead atoms. The first kappa shape index (κ1) is 12.3. The fraction of sp³-hybridized carbons (Fsp3) is 0.533. The van der Waals surface area contributed by atoms with Gasteiger partial charge in [0, 0.05) is 19.0 Å². The largest absolute Gasteiger partial charge is 0.298 e. The smallest absolute Gasteiger partial charge is 0.152 e. The van der Waals surface area contributed by atoms with Crippen molar-refractivity contribution in [3.8, 4) is 0 Å². The summed E-state index contributed by atoms with van der Waals surface area (Å²) >= 11 is 0. The molecule has 0 spiro atoms. The third kappa shape index (κ3) is 2.58. The molecule has 2 heteroatoms. The standard InChI is InChI=1S/C15H21NO/c1-11-9-16(13(3)15(17)12(11)2)10-14-7-5-4-6-8-14/h4-8,11-13H,9-10H2,1-3H3/t11-,12-,13+/m1/s1. The van der Waals surface area contributed by atoms with Crippen LogP contribution in [0.2, 0.25) is 0 Å². The number of hydrogen-bond acceptors (Lipinski definition) is 2. The summed E-state index contributed by atoms with van der Waals surface area (Å²) in [6.45, 7) is 8.16. The van der Waals surface area contributed by atoms with Gasteiger partial charge >= 0.3 is 0 Å². The minimum absolute atomic E-state index is 0.0569. The van der Waals surface area contributed by atoms with Crippen LogP contribution in [0.3, 0.4) is 0 Å². The lowest BCUT2D eigenvalue weighted by Gasteiger charge is -2.39. The van der Waals surface area contributed by atoms with E-state index >= 15 is 0 Å². The first-order chi connectivity index (χ1) is 8.09. The third-order valence-corrected chi connectivity index (χ3v) is 4.01. The minimum Gasteiger partial charge on any atom is -0.298 e. The zero-order valence-corrected chi connectivity index (χ0v) is 10.9. The van der Waals surface area contributed by atoms with E-state index < -0.39 is 0 Å². The van der Waals surface area contributed by atoms with Gasteiger partial charge in [0.2, 0.25) is 0 Å². The summed E-state index contributed by atoms with van der Waals surface area (Å²) < 4.78 is 0. The van der Waals surface area contributed by atoms with Gasteiger partial charge < -0.3 is 0 Å². The first-order valence-corrected chi connectivity index (χ1v) is 6.41. The average molecular weight is 231 g/mol. The Morgan fingerprint density at radius 2 is 1.82 bits per heavy atom. The van der Waals surface area contributed by atoms with Crippen LogP contribution in [0.5, 0.6) is 0 Å². The number of rotatable bonds is 2. The summed E-state index contributed by atoms with van der Waals surface area (Å²) in [5, 5.41) is 0. The second-order valence-corrected chi connectivity index (χ2v) is 5.26. The van der Waals surface area contributed by atoms with Gasteiger partial charge in [0.25, 0.3) is 0 Å². The molecule has 3 atom stereocenters. The molecule has 1 saturated heterocycles. The van der Waals surface area contributed by atoms with E-state index in [1.54, 1.807) is 0 Å². The lowest BCUT2D eigenvalue weighted by molar-refractivity contribution is -0.133. The highest BCUT2D eigenvalue weighted by Gasteiger charge is 2.35. The molecule has 0 saturated carbocycles. The Labute approximate surface area is 104 Å². The van der Waals surface area contributed by atoms with Crippen molar-refractivity contribution in [2.24, 2.45) is 11.8 Å². The molecule has 2 nitrogen and oxygen atoms in total. The van der Waals surface area contributed by atoms with Crippen LogP contribution in [-0.4, -0.2) is 23.3 Å². The van der Waals surface area contributed by atoms with E-state index in [1.807, 2.05) is 13.0 Å². The van der Waals surface area contributed by atoms with Crippen molar-refractivity contribution >= 4 is 5.78 Å². The molecule has 0 radical (unpaired) electrons. The molecule has 2 rings (SSSR count). The molecule has 0 aliphatic carbocycles. The summed E-state index contributed by atoms with van der Waals surface area (Å²) in [5.41, 5.74) is 1.29. The predicted octanol–water partition coefficient (Wildman–Crippen LogP) is 2.73. The number of nitrogens with zero attached hydrogens (tertiary/aromatic N) is 1. The van der Waals surface area contributed by atoms with Gasteiger partial charge in [-0.2, -0.15) is 0 Å².